The third-order valence-corrected chi connectivity index (χ3v) is 5.17. The van der Waals surface area contributed by atoms with Crippen molar-refractivity contribution >= 4 is 29.3 Å². The number of hydrogen-bond acceptors (Lipinski definition) is 7. The normalized spacial score (nSPS) is 18.8. The number of nitrogens with zero attached hydrogens (tertiary/aromatic N) is 4. The van der Waals surface area contributed by atoms with Crippen molar-refractivity contribution in [2.75, 3.05) is 30.4 Å². The van der Waals surface area contributed by atoms with E-state index in [9.17, 15) is 9.59 Å². The maximum Gasteiger partial charge on any atom is 0.254 e. The lowest BCUT2D eigenvalue weighted by Crippen LogP contribution is -2.30. The molecular weight excluding hydrogens is 358 g/mol. The summed E-state index contributed by atoms with van der Waals surface area (Å²) in [6, 6.07) is 3.91. The fraction of sp³-hybridized carbons (Fsp3) is 0.421. The molecule has 2 amide bonds. The van der Waals surface area contributed by atoms with Crippen molar-refractivity contribution in [3.8, 4) is 0 Å². The van der Waals surface area contributed by atoms with Crippen molar-refractivity contribution in [2.24, 2.45) is 11.7 Å². The van der Waals surface area contributed by atoms with E-state index in [1.54, 1.807) is 13.2 Å². The number of anilines is 3. The number of aromatic nitrogens is 3. The molecule has 146 valence electrons. The molecule has 0 radical (unpaired) electrons. The Morgan fingerprint density at radius 3 is 2.64 bits per heavy atom. The van der Waals surface area contributed by atoms with Gasteiger partial charge in [0.25, 0.3) is 5.91 Å². The van der Waals surface area contributed by atoms with Gasteiger partial charge in [-0.05, 0) is 31.4 Å². The van der Waals surface area contributed by atoms with Crippen LogP contribution in [0.15, 0.2) is 24.5 Å². The molecule has 1 saturated carbocycles. The maximum absolute atomic E-state index is 11.9. The van der Waals surface area contributed by atoms with Crippen LogP contribution in [0.4, 0.5) is 17.5 Å². The molecule has 1 atom stereocenters. The molecule has 1 aliphatic carbocycles. The molecule has 2 aromatic heterocycles. The lowest BCUT2D eigenvalue weighted by Gasteiger charge is -2.18. The van der Waals surface area contributed by atoms with E-state index in [1.165, 1.54) is 19.0 Å². The quantitative estimate of drug-likeness (QED) is 0.685. The van der Waals surface area contributed by atoms with E-state index in [0.717, 1.165) is 17.8 Å². The SMILES string of the molecule is CNC(=O)[C@H]1CCN(c2ncc(C(N)=O)c(Nc3ccc(C4CC4)nc3)n2)C1. The fourth-order valence-corrected chi connectivity index (χ4v) is 3.40. The number of rotatable bonds is 6. The van der Waals surface area contributed by atoms with Gasteiger partial charge in [-0.2, -0.15) is 4.98 Å². The van der Waals surface area contributed by atoms with E-state index < -0.39 is 5.91 Å². The predicted molar refractivity (Wildman–Crippen MR) is 104 cm³/mol. The second kappa shape index (κ2) is 7.41. The molecule has 0 spiro atoms. The molecule has 4 N–H and O–H groups in total. The molecule has 0 unspecified atom stereocenters. The van der Waals surface area contributed by atoms with Crippen molar-refractivity contribution in [2.45, 2.75) is 25.2 Å². The Morgan fingerprint density at radius 1 is 1.18 bits per heavy atom. The van der Waals surface area contributed by atoms with Crippen LogP contribution in [0.1, 0.15) is 41.2 Å². The summed E-state index contributed by atoms with van der Waals surface area (Å²) in [5.74, 6) is 0.672. The number of pyridine rings is 1. The lowest BCUT2D eigenvalue weighted by molar-refractivity contribution is -0.123. The first kappa shape index (κ1) is 18.1. The molecule has 2 aromatic rings. The first-order chi connectivity index (χ1) is 13.5. The van der Waals surface area contributed by atoms with Crippen molar-refractivity contribution in [3.05, 3.63) is 35.8 Å². The van der Waals surface area contributed by atoms with E-state index >= 15 is 0 Å². The smallest absolute Gasteiger partial charge is 0.254 e. The zero-order valence-corrected chi connectivity index (χ0v) is 15.7. The Kier molecular flexibility index (Phi) is 4.81. The summed E-state index contributed by atoms with van der Waals surface area (Å²) in [6.45, 7) is 1.21. The average Bonchev–Trinajstić information content (AvgIpc) is 3.44. The highest BCUT2D eigenvalue weighted by atomic mass is 16.2. The highest BCUT2D eigenvalue weighted by Crippen LogP contribution is 2.39. The third-order valence-electron chi connectivity index (χ3n) is 5.17. The molecule has 1 aliphatic heterocycles. The number of carbonyl (C=O) groups is 2. The topological polar surface area (TPSA) is 126 Å². The van der Waals surface area contributed by atoms with E-state index in [0.29, 0.717) is 30.8 Å². The summed E-state index contributed by atoms with van der Waals surface area (Å²) in [5.41, 5.74) is 7.50. The van der Waals surface area contributed by atoms with Crippen molar-refractivity contribution in [3.63, 3.8) is 0 Å². The second-order valence-corrected chi connectivity index (χ2v) is 7.21. The molecule has 0 aromatic carbocycles. The Labute approximate surface area is 162 Å². The molecule has 4 rings (SSSR count). The molecule has 2 fully saturated rings. The van der Waals surface area contributed by atoms with Gasteiger partial charge in [0, 0.05) is 37.9 Å². The van der Waals surface area contributed by atoms with Crippen LogP contribution in [-0.4, -0.2) is 46.9 Å². The van der Waals surface area contributed by atoms with Crippen LogP contribution in [0.3, 0.4) is 0 Å². The van der Waals surface area contributed by atoms with E-state index in [1.807, 2.05) is 17.0 Å². The van der Waals surface area contributed by atoms with Gasteiger partial charge in [-0.15, -0.1) is 0 Å². The number of hydrogen-bond donors (Lipinski definition) is 3. The zero-order valence-electron chi connectivity index (χ0n) is 15.7. The fourth-order valence-electron chi connectivity index (χ4n) is 3.40. The van der Waals surface area contributed by atoms with Crippen molar-refractivity contribution < 1.29 is 9.59 Å². The van der Waals surface area contributed by atoms with E-state index in [4.69, 9.17) is 5.73 Å². The maximum atomic E-state index is 11.9. The van der Waals surface area contributed by atoms with Gasteiger partial charge in [-0.25, -0.2) is 4.98 Å². The number of carbonyl (C=O) groups excluding carboxylic acids is 2. The first-order valence-electron chi connectivity index (χ1n) is 9.41. The average molecular weight is 381 g/mol. The lowest BCUT2D eigenvalue weighted by atomic mass is 10.1. The second-order valence-electron chi connectivity index (χ2n) is 7.21. The molecule has 3 heterocycles. The largest absolute Gasteiger partial charge is 0.365 e. The monoisotopic (exact) mass is 381 g/mol. The standard InChI is InChI=1S/C19H23N7O2/c1-21-18(28)12-6-7-26(10-12)19-23-9-14(16(20)27)17(25-19)24-13-4-5-15(22-8-13)11-2-3-11/h4-5,8-9,11-12H,2-3,6-7,10H2,1H3,(H2,20,27)(H,21,28)(H,23,24,25)/t12-/m0/s1. The molecule has 0 bridgehead atoms. The first-order valence-corrected chi connectivity index (χ1v) is 9.41. The summed E-state index contributed by atoms with van der Waals surface area (Å²) in [4.78, 5) is 38.8. The van der Waals surface area contributed by atoms with Gasteiger partial charge in [0.2, 0.25) is 11.9 Å². The Bertz CT molecular complexity index is 896. The van der Waals surface area contributed by atoms with Gasteiger partial charge in [0.15, 0.2) is 0 Å². The van der Waals surface area contributed by atoms with Crippen molar-refractivity contribution in [1.29, 1.82) is 0 Å². The molecule has 9 nitrogen and oxygen atoms in total. The van der Waals surface area contributed by atoms with Crippen LogP contribution in [0.5, 0.6) is 0 Å². The Hall–Kier alpha value is -3.23. The predicted octanol–water partition coefficient (Wildman–Crippen LogP) is 1.16. The minimum Gasteiger partial charge on any atom is -0.365 e. The summed E-state index contributed by atoms with van der Waals surface area (Å²) in [6.07, 6.45) is 6.27. The molecular formula is C19H23N7O2. The van der Waals surface area contributed by atoms with Gasteiger partial charge in [-0.1, -0.05) is 0 Å². The molecule has 1 saturated heterocycles. The summed E-state index contributed by atoms with van der Waals surface area (Å²) in [7, 11) is 1.63. The summed E-state index contributed by atoms with van der Waals surface area (Å²) >= 11 is 0. The summed E-state index contributed by atoms with van der Waals surface area (Å²) in [5, 5.41) is 5.81. The van der Waals surface area contributed by atoms with Crippen LogP contribution < -0.4 is 21.3 Å². The van der Waals surface area contributed by atoms with E-state index in [-0.39, 0.29) is 17.4 Å². The molecule has 28 heavy (non-hydrogen) atoms. The van der Waals surface area contributed by atoms with Crippen molar-refractivity contribution in [1.82, 2.24) is 20.3 Å². The third kappa shape index (κ3) is 3.73. The molecule has 9 heteroatoms. The zero-order chi connectivity index (χ0) is 19.7. The van der Waals surface area contributed by atoms with Gasteiger partial charge >= 0.3 is 0 Å². The van der Waals surface area contributed by atoms with Gasteiger partial charge in [0.1, 0.15) is 11.4 Å². The van der Waals surface area contributed by atoms with Gasteiger partial charge < -0.3 is 21.3 Å². The van der Waals surface area contributed by atoms with Crippen LogP contribution in [0.2, 0.25) is 0 Å². The van der Waals surface area contributed by atoms with E-state index in [2.05, 4.69) is 25.6 Å². The van der Waals surface area contributed by atoms with Crippen LogP contribution in [-0.2, 0) is 4.79 Å². The van der Waals surface area contributed by atoms with Gasteiger partial charge in [0.05, 0.1) is 17.8 Å². The Morgan fingerprint density at radius 2 is 2.00 bits per heavy atom. The Balaban J connectivity index is 1.55. The number of nitrogens with one attached hydrogen (secondary N) is 2. The number of nitrogens with two attached hydrogens (primary N) is 1. The van der Waals surface area contributed by atoms with Crippen LogP contribution >= 0.6 is 0 Å². The highest BCUT2D eigenvalue weighted by Gasteiger charge is 2.30. The van der Waals surface area contributed by atoms with Gasteiger partial charge in [-0.3, -0.25) is 14.6 Å². The number of primary amides is 1. The minimum absolute atomic E-state index is 0.0106. The number of amides is 2. The van der Waals surface area contributed by atoms with Crippen LogP contribution in [0, 0.1) is 5.92 Å². The summed E-state index contributed by atoms with van der Waals surface area (Å²) < 4.78 is 0. The van der Waals surface area contributed by atoms with Crippen LogP contribution in [0.25, 0.3) is 0 Å². The molecule has 2 aliphatic rings. The minimum atomic E-state index is -0.610. The highest BCUT2D eigenvalue weighted by molar-refractivity contribution is 5.98.